The molecule has 5 heteroatoms. The fraction of sp³-hybridized carbons (Fsp3) is 0. The zero-order valence-corrected chi connectivity index (χ0v) is 19.9. The molecule has 0 aliphatic carbocycles. The summed E-state index contributed by atoms with van der Waals surface area (Å²) >= 11 is 0. The van der Waals surface area contributed by atoms with Crippen molar-refractivity contribution in [2.75, 3.05) is 0 Å². The van der Waals surface area contributed by atoms with Gasteiger partial charge in [-0.25, -0.2) is 4.98 Å². The third kappa shape index (κ3) is 3.72. The van der Waals surface area contributed by atoms with Crippen LogP contribution in [0.5, 0.6) is 0 Å². The number of benzene rings is 4. The van der Waals surface area contributed by atoms with Crippen LogP contribution in [-0.2, 0) is 20.1 Å². The van der Waals surface area contributed by atoms with Gasteiger partial charge in [0.15, 0.2) is 6.39 Å². The van der Waals surface area contributed by atoms with Crippen LogP contribution in [0, 0.1) is 6.07 Å². The summed E-state index contributed by atoms with van der Waals surface area (Å²) in [5.74, 6) is 0.757. The van der Waals surface area contributed by atoms with Gasteiger partial charge in [0.25, 0.3) is 0 Å². The number of oxazole rings is 1. The Morgan fingerprint density at radius 3 is 2.06 bits per heavy atom. The van der Waals surface area contributed by atoms with Crippen LogP contribution in [-0.4, -0.2) is 14.5 Å². The van der Waals surface area contributed by atoms with Gasteiger partial charge >= 0.3 is 0 Å². The van der Waals surface area contributed by atoms with Gasteiger partial charge in [-0.05, 0) is 11.1 Å². The molecule has 0 spiro atoms. The first kappa shape index (κ1) is 21.1. The third-order valence-corrected chi connectivity index (χ3v) is 5.60. The number of hydrogen-bond donors (Lipinski definition) is 0. The molecule has 0 bridgehead atoms. The number of nitrogens with zero attached hydrogens (tertiary/aromatic N) is 3. The van der Waals surface area contributed by atoms with Crippen LogP contribution in [0.1, 0.15) is 0 Å². The van der Waals surface area contributed by atoms with Gasteiger partial charge in [-0.1, -0.05) is 84.4 Å². The standard InChI is InChI=1S/C28H18N3O.Ir/c1-3-9-20(10-4-1)22-13-7-14-23(21-11-5-2-6-12-21)26(22)31-18-17-29-28(31)24-15-8-16-25-27(24)32-19-30-25;/h1-14,16-19H;/q-1;. The van der Waals surface area contributed by atoms with E-state index in [0.29, 0.717) is 5.58 Å². The van der Waals surface area contributed by atoms with Crippen molar-refractivity contribution in [2.45, 2.75) is 0 Å². The first-order valence-electron chi connectivity index (χ1n) is 10.4. The molecular weight excluding hydrogens is 587 g/mol. The number of hydrogen-bond acceptors (Lipinski definition) is 3. The summed E-state index contributed by atoms with van der Waals surface area (Å²) < 4.78 is 7.82. The van der Waals surface area contributed by atoms with E-state index in [4.69, 9.17) is 9.40 Å². The van der Waals surface area contributed by atoms with Crippen LogP contribution in [0.25, 0.3) is 50.4 Å². The zero-order chi connectivity index (χ0) is 21.3. The predicted octanol–water partition coefficient (Wildman–Crippen LogP) is 6.81. The normalized spacial score (nSPS) is 10.8. The van der Waals surface area contributed by atoms with Gasteiger partial charge in [0.05, 0.1) is 17.1 Å². The first-order chi connectivity index (χ1) is 15.9. The minimum atomic E-state index is 0. The minimum absolute atomic E-state index is 0. The molecule has 2 aromatic heterocycles. The number of rotatable bonds is 4. The topological polar surface area (TPSA) is 43.9 Å². The molecule has 6 aromatic rings. The Hall–Kier alpha value is -3.79. The largest absolute Gasteiger partial charge is 0.490 e. The molecule has 0 saturated heterocycles. The summed E-state index contributed by atoms with van der Waals surface area (Å²) in [6.07, 6.45) is 5.27. The second-order valence-corrected chi connectivity index (χ2v) is 7.47. The van der Waals surface area contributed by atoms with E-state index < -0.39 is 0 Å². The monoisotopic (exact) mass is 605 g/mol. The molecular formula is C28H18IrN3O-. The second-order valence-electron chi connectivity index (χ2n) is 7.47. The average Bonchev–Trinajstić information content (AvgIpc) is 3.54. The Morgan fingerprint density at radius 1 is 0.727 bits per heavy atom. The summed E-state index contributed by atoms with van der Waals surface area (Å²) in [6, 6.07) is 34.3. The van der Waals surface area contributed by atoms with Crippen LogP contribution < -0.4 is 0 Å². The number of aromatic nitrogens is 3. The van der Waals surface area contributed by atoms with Crippen LogP contribution in [0.15, 0.2) is 114 Å². The van der Waals surface area contributed by atoms with Crippen molar-refractivity contribution in [3.63, 3.8) is 0 Å². The summed E-state index contributed by atoms with van der Waals surface area (Å²) in [5.41, 5.74) is 7.83. The van der Waals surface area contributed by atoms with Gasteiger partial charge in [-0.2, -0.15) is 0 Å². The van der Waals surface area contributed by atoms with E-state index in [1.54, 1.807) is 0 Å². The summed E-state index contributed by atoms with van der Waals surface area (Å²) in [7, 11) is 0. The molecule has 4 nitrogen and oxygen atoms in total. The second kappa shape index (κ2) is 8.99. The summed E-state index contributed by atoms with van der Waals surface area (Å²) in [6.45, 7) is 0. The Bertz CT molecular complexity index is 1460. The molecule has 0 aliphatic heterocycles. The Morgan fingerprint density at radius 2 is 1.39 bits per heavy atom. The van der Waals surface area contributed by atoms with Gasteiger partial charge in [-0.3, -0.25) is 4.98 Å². The Labute approximate surface area is 204 Å². The van der Waals surface area contributed by atoms with Crippen molar-refractivity contribution in [2.24, 2.45) is 0 Å². The van der Waals surface area contributed by atoms with Crippen molar-refractivity contribution in [3.8, 4) is 39.3 Å². The van der Waals surface area contributed by atoms with Crippen LogP contribution in [0.4, 0.5) is 0 Å². The molecule has 161 valence electrons. The predicted molar refractivity (Wildman–Crippen MR) is 126 cm³/mol. The van der Waals surface area contributed by atoms with Crippen LogP contribution in [0.2, 0.25) is 0 Å². The minimum Gasteiger partial charge on any atom is -0.490 e. The van der Waals surface area contributed by atoms with Gasteiger partial charge in [-0.15, -0.1) is 18.2 Å². The fourth-order valence-corrected chi connectivity index (χ4v) is 4.17. The number of fused-ring (bicyclic) bond motifs is 1. The average molecular weight is 605 g/mol. The number of para-hydroxylation sites is 1. The van der Waals surface area contributed by atoms with E-state index in [-0.39, 0.29) is 20.1 Å². The van der Waals surface area contributed by atoms with Crippen molar-refractivity contribution < 1.29 is 24.5 Å². The third-order valence-electron chi connectivity index (χ3n) is 5.60. The van der Waals surface area contributed by atoms with E-state index in [9.17, 15) is 0 Å². The van der Waals surface area contributed by atoms with E-state index in [2.05, 4.69) is 82.3 Å². The molecule has 0 aliphatic rings. The maximum atomic E-state index is 5.70. The smallest absolute Gasteiger partial charge is 0.169 e. The first-order valence-corrected chi connectivity index (χ1v) is 10.4. The molecule has 33 heavy (non-hydrogen) atoms. The van der Waals surface area contributed by atoms with Gasteiger partial charge in [0, 0.05) is 49.1 Å². The summed E-state index contributed by atoms with van der Waals surface area (Å²) in [4.78, 5) is 9.00. The zero-order valence-electron chi connectivity index (χ0n) is 17.5. The molecule has 0 atom stereocenters. The Kier molecular flexibility index (Phi) is 5.74. The van der Waals surface area contributed by atoms with Crippen molar-refractivity contribution in [3.05, 3.63) is 116 Å². The summed E-state index contributed by atoms with van der Waals surface area (Å²) in [5, 5.41) is 0. The molecule has 6 rings (SSSR count). The Balaban J connectivity index is 0.00000228. The van der Waals surface area contributed by atoms with E-state index >= 15 is 0 Å². The van der Waals surface area contributed by atoms with Gasteiger partial charge in [0.1, 0.15) is 0 Å². The molecule has 4 aromatic carbocycles. The van der Waals surface area contributed by atoms with Gasteiger partial charge < -0.3 is 8.98 Å². The number of imidazole rings is 1. The van der Waals surface area contributed by atoms with Gasteiger partial charge in [0.2, 0.25) is 0 Å². The van der Waals surface area contributed by atoms with Crippen molar-refractivity contribution in [1.82, 2.24) is 14.5 Å². The van der Waals surface area contributed by atoms with Crippen LogP contribution >= 0.6 is 0 Å². The van der Waals surface area contributed by atoms with E-state index in [0.717, 1.165) is 44.8 Å². The van der Waals surface area contributed by atoms with Crippen LogP contribution in [0.3, 0.4) is 0 Å². The van der Waals surface area contributed by atoms with E-state index in [1.807, 2.05) is 36.7 Å². The quantitative estimate of drug-likeness (QED) is 0.208. The SMILES string of the molecule is [Ir].[c-]1ccc2ncoc2c1-c1nccn1-c1c(-c2ccccc2)cccc1-c1ccccc1. The maximum absolute atomic E-state index is 5.70. The molecule has 1 radical (unpaired) electrons. The van der Waals surface area contributed by atoms with Crippen molar-refractivity contribution in [1.29, 1.82) is 0 Å². The molecule has 0 unspecified atom stereocenters. The fourth-order valence-electron chi connectivity index (χ4n) is 4.17. The maximum Gasteiger partial charge on any atom is 0.169 e. The molecule has 0 amide bonds. The molecule has 0 saturated carbocycles. The molecule has 0 N–H and O–H groups in total. The molecule has 2 heterocycles. The van der Waals surface area contributed by atoms with Crippen molar-refractivity contribution >= 4 is 11.1 Å². The van der Waals surface area contributed by atoms with E-state index in [1.165, 1.54) is 6.39 Å². The molecule has 0 fully saturated rings.